The number of hydrogen-bond acceptors (Lipinski definition) is 0. The van der Waals surface area contributed by atoms with E-state index in [0.29, 0.717) is 0 Å². The van der Waals surface area contributed by atoms with Gasteiger partial charge in [-0.05, 0) is 24.2 Å². The summed E-state index contributed by atoms with van der Waals surface area (Å²) in [4.78, 5) is 0. The van der Waals surface area contributed by atoms with Gasteiger partial charge in [-0.2, -0.15) is 0 Å². The van der Waals surface area contributed by atoms with Crippen molar-refractivity contribution in [1.82, 2.24) is 0 Å². The third-order valence-corrected chi connectivity index (χ3v) is 4.21. The third-order valence-electron chi connectivity index (χ3n) is 4.21. The standard InChI is InChI=1S/C17H36/c1-6-9-12-16(13-10-7-2)17(15(4)5)14-11-8-3/h15-17H,6-14H2,1-5H3. The predicted octanol–water partition coefficient (Wildman–Crippen LogP) is 6.45. The van der Waals surface area contributed by atoms with E-state index in [2.05, 4.69) is 34.6 Å². The molecule has 1 unspecified atom stereocenters. The molecule has 0 amide bonds. The van der Waals surface area contributed by atoms with Gasteiger partial charge in [-0.15, -0.1) is 0 Å². The molecule has 0 saturated heterocycles. The predicted molar refractivity (Wildman–Crippen MR) is 80.4 cm³/mol. The fourth-order valence-electron chi connectivity index (χ4n) is 3.06. The van der Waals surface area contributed by atoms with Crippen LogP contribution in [0.5, 0.6) is 0 Å². The Labute approximate surface area is 111 Å². The van der Waals surface area contributed by atoms with Gasteiger partial charge in [-0.3, -0.25) is 0 Å². The molecule has 0 heterocycles. The van der Waals surface area contributed by atoms with Gasteiger partial charge in [-0.25, -0.2) is 0 Å². The first-order valence-corrected chi connectivity index (χ1v) is 8.17. The Morgan fingerprint density at radius 3 is 1.41 bits per heavy atom. The van der Waals surface area contributed by atoms with Crippen LogP contribution in [-0.4, -0.2) is 0 Å². The van der Waals surface area contributed by atoms with Gasteiger partial charge in [0, 0.05) is 0 Å². The van der Waals surface area contributed by atoms with Crippen LogP contribution in [0.1, 0.15) is 92.4 Å². The van der Waals surface area contributed by atoms with Crippen molar-refractivity contribution in [3.8, 4) is 0 Å². The normalized spacial score (nSPS) is 13.6. The van der Waals surface area contributed by atoms with E-state index in [1.54, 1.807) is 0 Å². The first-order chi connectivity index (χ1) is 8.17. The zero-order chi connectivity index (χ0) is 13.1. The van der Waals surface area contributed by atoms with Crippen LogP contribution >= 0.6 is 0 Å². The van der Waals surface area contributed by atoms with Crippen molar-refractivity contribution in [1.29, 1.82) is 0 Å². The first-order valence-electron chi connectivity index (χ1n) is 8.17. The largest absolute Gasteiger partial charge is 0.0654 e. The Hall–Kier alpha value is 0. The van der Waals surface area contributed by atoms with Crippen LogP contribution in [0.25, 0.3) is 0 Å². The summed E-state index contributed by atoms with van der Waals surface area (Å²) in [5.74, 6) is 2.86. The lowest BCUT2D eigenvalue weighted by Gasteiger charge is -2.30. The van der Waals surface area contributed by atoms with Crippen LogP contribution in [0.15, 0.2) is 0 Å². The highest BCUT2D eigenvalue weighted by atomic mass is 14.3. The van der Waals surface area contributed by atoms with Crippen molar-refractivity contribution < 1.29 is 0 Å². The lowest BCUT2D eigenvalue weighted by molar-refractivity contribution is 0.201. The minimum absolute atomic E-state index is 0.875. The molecule has 104 valence electrons. The second-order valence-corrected chi connectivity index (χ2v) is 6.09. The van der Waals surface area contributed by atoms with E-state index in [4.69, 9.17) is 0 Å². The van der Waals surface area contributed by atoms with Gasteiger partial charge in [0.2, 0.25) is 0 Å². The molecule has 0 N–H and O–H groups in total. The molecule has 0 spiro atoms. The van der Waals surface area contributed by atoms with E-state index < -0.39 is 0 Å². The topological polar surface area (TPSA) is 0 Å². The number of rotatable bonds is 11. The molecule has 0 nitrogen and oxygen atoms in total. The van der Waals surface area contributed by atoms with E-state index in [1.165, 1.54) is 57.8 Å². The van der Waals surface area contributed by atoms with Gasteiger partial charge in [0.25, 0.3) is 0 Å². The molecule has 0 saturated carbocycles. The van der Waals surface area contributed by atoms with Crippen LogP contribution < -0.4 is 0 Å². The summed E-state index contributed by atoms with van der Waals surface area (Å²) in [6.07, 6.45) is 12.8. The maximum atomic E-state index is 2.44. The van der Waals surface area contributed by atoms with Gasteiger partial charge >= 0.3 is 0 Å². The van der Waals surface area contributed by atoms with Gasteiger partial charge in [-0.1, -0.05) is 86.0 Å². The van der Waals surface area contributed by atoms with Gasteiger partial charge in [0.05, 0.1) is 0 Å². The molecule has 17 heavy (non-hydrogen) atoms. The number of unbranched alkanes of at least 4 members (excludes halogenated alkanes) is 3. The molecule has 0 aliphatic heterocycles. The van der Waals surface area contributed by atoms with Gasteiger partial charge < -0.3 is 0 Å². The average molecular weight is 240 g/mol. The highest BCUT2D eigenvalue weighted by Gasteiger charge is 2.22. The van der Waals surface area contributed by atoms with E-state index >= 15 is 0 Å². The SMILES string of the molecule is CCCCC(CCCC)C(CCCC)C(C)C. The lowest BCUT2D eigenvalue weighted by Crippen LogP contribution is -2.20. The second-order valence-electron chi connectivity index (χ2n) is 6.09. The summed E-state index contributed by atoms with van der Waals surface area (Å²) in [6, 6.07) is 0. The maximum Gasteiger partial charge on any atom is -0.0363 e. The van der Waals surface area contributed by atoms with Crippen molar-refractivity contribution in [2.24, 2.45) is 17.8 Å². The van der Waals surface area contributed by atoms with E-state index in [1.807, 2.05) is 0 Å². The molecule has 0 aliphatic rings. The molecular formula is C17H36. The van der Waals surface area contributed by atoms with Crippen LogP contribution in [0.4, 0.5) is 0 Å². The van der Waals surface area contributed by atoms with Crippen LogP contribution in [0, 0.1) is 17.8 Å². The van der Waals surface area contributed by atoms with Crippen molar-refractivity contribution >= 4 is 0 Å². The van der Waals surface area contributed by atoms with Crippen molar-refractivity contribution in [2.45, 2.75) is 92.4 Å². The Kier molecular flexibility index (Phi) is 11.1. The molecule has 0 fully saturated rings. The van der Waals surface area contributed by atoms with Gasteiger partial charge in [0.1, 0.15) is 0 Å². The molecule has 0 aromatic rings. The van der Waals surface area contributed by atoms with E-state index in [-0.39, 0.29) is 0 Å². The molecule has 0 aliphatic carbocycles. The molecule has 0 aromatic heterocycles. The van der Waals surface area contributed by atoms with Crippen molar-refractivity contribution in [2.75, 3.05) is 0 Å². The zero-order valence-corrected chi connectivity index (χ0v) is 13.1. The summed E-state index contributed by atoms with van der Waals surface area (Å²) in [5, 5.41) is 0. The average Bonchev–Trinajstić information content (AvgIpc) is 2.31. The smallest absolute Gasteiger partial charge is 0.0363 e. The highest BCUT2D eigenvalue weighted by Crippen LogP contribution is 2.33. The fraction of sp³-hybridized carbons (Fsp3) is 1.00. The van der Waals surface area contributed by atoms with E-state index in [0.717, 1.165) is 17.8 Å². The fourth-order valence-corrected chi connectivity index (χ4v) is 3.06. The third kappa shape index (κ3) is 7.84. The Bertz CT molecular complexity index is 140. The second kappa shape index (κ2) is 11.1. The molecule has 1 atom stereocenters. The van der Waals surface area contributed by atoms with Gasteiger partial charge in [0.15, 0.2) is 0 Å². The Balaban J connectivity index is 4.32. The summed E-state index contributed by atoms with van der Waals surface area (Å²) in [6.45, 7) is 11.8. The lowest BCUT2D eigenvalue weighted by atomic mass is 9.75. The summed E-state index contributed by atoms with van der Waals surface area (Å²) >= 11 is 0. The maximum absolute atomic E-state index is 2.44. The van der Waals surface area contributed by atoms with Crippen LogP contribution in [0.3, 0.4) is 0 Å². The summed E-state index contributed by atoms with van der Waals surface area (Å²) in [7, 11) is 0. The van der Waals surface area contributed by atoms with Crippen LogP contribution in [0.2, 0.25) is 0 Å². The van der Waals surface area contributed by atoms with E-state index in [9.17, 15) is 0 Å². The van der Waals surface area contributed by atoms with Crippen molar-refractivity contribution in [3.63, 3.8) is 0 Å². The quantitative estimate of drug-likeness (QED) is 0.389. The Morgan fingerprint density at radius 2 is 1.06 bits per heavy atom. The molecule has 0 rings (SSSR count). The Morgan fingerprint density at radius 1 is 0.647 bits per heavy atom. The number of hydrogen-bond donors (Lipinski definition) is 0. The zero-order valence-electron chi connectivity index (χ0n) is 13.1. The monoisotopic (exact) mass is 240 g/mol. The van der Waals surface area contributed by atoms with Crippen LogP contribution in [-0.2, 0) is 0 Å². The van der Waals surface area contributed by atoms with Crippen molar-refractivity contribution in [3.05, 3.63) is 0 Å². The molecule has 0 bridgehead atoms. The summed E-state index contributed by atoms with van der Waals surface area (Å²) in [5.41, 5.74) is 0. The first kappa shape index (κ1) is 17.0. The minimum Gasteiger partial charge on any atom is -0.0654 e. The molecular weight excluding hydrogens is 204 g/mol. The summed E-state index contributed by atoms with van der Waals surface area (Å²) < 4.78 is 0. The minimum atomic E-state index is 0.875. The molecule has 0 radical (unpaired) electrons. The molecule has 0 heteroatoms. The highest BCUT2D eigenvalue weighted by molar-refractivity contribution is 4.73. The molecule has 0 aromatic carbocycles.